The van der Waals surface area contributed by atoms with Crippen molar-refractivity contribution < 1.29 is 14.3 Å². The van der Waals surface area contributed by atoms with Crippen molar-refractivity contribution in [1.29, 1.82) is 5.26 Å². The van der Waals surface area contributed by atoms with E-state index in [0.29, 0.717) is 19.5 Å². The zero-order chi connectivity index (χ0) is 13.4. The molecule has 1 saturated heterocycles. The van der Waals surface area contributed by atoms with Crippen molar-refractivity contribution in [2.75, 3.05) is 19.7 Å². The van der Waals surface area contributed by atoms with E-state index in [2.05, 4.69) is 6.58 Å². The topological polar surface area (TPSA) is 70.4 Å². The third kappa shape index (κ3) is 4.21. The highest BCUT2D eigenvalue weighted by atomic mass is 16.6. The molecule has 0 aromatic carbocycles. The molecule has 0 saturated carbocycles. The molecule has 1 amide bonds. The molecule has 0 aromatic heterocycles. The molecule has 0 N–H and O–H groups in total. The van der Waals surface area contributed by atoms with E-state index in [-0.39, 0.29) is 30.8 Å². The van der Waals surface area contributed by atoms with Crippen molar-refractivity contribution in [3.05, 3.63) is 12.7 Å². The second kappa shape index (κ2) is 7.49. The van der Waals surface area contributed by atoms with Gasteiger partial charge >= 0.3 is 6.09 Å². The first-order chi connectivity index (χ1) is 8.69. The lowest BCUT2D eigenvalue weighted by atomic mass is 9.94. The fourth-order valence-electron chi connectivity index (χ4n) is 2.04. The summed E-state index contributed by atoms with van der Waals surface area (Å²) in [6, 6.07) is 1.88. The molecule has 0 spiro atoms. The molecule has 1 unspecified atom stereocenters. The maximum absolute atomic E-state index is 11.6. The van der Waals surface area contributed by atoms with Crippen LogP contribution in [0.1, 0.15) is 25.7 Å². The van der Waals surface area contributed by atoms with Crippen LogP contribution in [0.2, 0.25) is 0 Å². The van der Waals surface area contributed by atoms with Gasteiger partial charge in [0.1, 0.15) is 12.4 Å². The van der Waals surface area contributed by atoms with Gasteiger partial charge in [-0.1, -0.05) is 12.7 Å². The lowest BCUT2D eigenvalue weighted by Gasteiger charge is -2.19. The molecule has 98 valence electrons. The number of hydrogen-bond donors (Lipinski definition) is 0. The largest absolute Gasteiger partial charge is 0.445 e. The van der Waals surface area contributed by atoms with Crippen LogP contribution in [0.3, 0.4) is 0 Å². The standard InChI is InChI=1S/C13H18N2O3/c1-2-10-18-13(17)15-8-3-4-11(6-9-15)12(16)5-7-14/h2,11H,1,3-6,8-10H2. The number of hydrogen-bond acceptors (Lipinski definition) is 4. The van der Waals surface area contributed by atoms with E-state index >= 15 is 0 Å². The summed E-state index contributed by atoms with van der Waals surface area (Å²) >= 11 is 0. The van der Waals surface area contributed by atoms with E-state index in [1.54, 1.807) is 4.90 Å². The number of carbonyl (C=O) groups is 2. The Morgan fingerprint density at radius 2 is 2.22 bits per heavy atom. The van der Waals surface area contributed by atoms with Gasteiger partial charge in [-0.25, -0.2) is 4.79 Å². The Balaban J connectivity index is 2.46. The molecule has 5 heteroatoms. The quantitative estimate of drug-likeness (QED) is 0.714. The smallest absolute Gasteiger partial charge is 0.410 e. The zero-order valence-corrected chi connectivity index (χ0v) is 10.4. The van der Waals surface area contributed by atoms with Gasteiger partial charge in [0, 0.05) is 19.0 Å². The number of nitrogens with zero attached hydrogens (tertiary/aromatic N) is 2. The summed E-state index contributed by atoms with van der Waals surface area (Å²) in [5, 5.41) is 8.51. The van der Waals surface area contributed by atoms with Gasteiger partial charge in [0.2, 0.25) is 0 Å². The Morgan fingerprint density at radius 1 is 1.44 bits per heavy atom. The third-order valence-corrected chi connectivity index (χ3v) is 3.02. The van der Waals surface area contributed by atoms with Gasteiger partial charge in [-0.15, -0.1) is 0 Å². The predicted octanol–water partition coefficient (Wildman–Crippen LogP) is 1.89. The molecule has 1 aliphatic heterocycles. The Kier molecular flexibility index (Phi) is 5.92. The summed E-state index contributed by atoms with van der Waals surface area (Å²) < 4.78 is 4.96. The van der Waals surface area contributed by atoms with Crippen LogP contribution < -0.4 is 0 Å². The predicted molar refractivity (Wildman–Crippen MR) is 65.7 cm³/mol. The van der Waals surface area contributed by atoms with Gasteiger partial charge in [0.05, 0.1) is 12.5 Å². The van der Waals surface area contributed by atoms with Gasteiger partial charge in [-0.2, -0.15) is 5.26 Å². The van der Waals surface area contributed by atoms with Crippen LogP contribution in [0.25, 0.3) is 0 Å². The summed E-state index contributed by atoms with van der Waals surface area (Å²) in [5.74, 6) is -0.110. The van der Waals surface area contributed by atoms with Crippen LogP contribution in [0.5, 0.6) is 0 Å². The van der Waals surface area contributed by atoms with Crippen molar-refractivity contribution in [3.8, 4) is 6.07 Å². The minimum atomic E-state index is -0.358. The highest BCUT2D eigenvalue weighted by Gasteiger charge is 2.25. The number of amides is 1. The van der Waals surface area contributed by atoms with Crippen LogP contribution in [-0.2, 0) is 9.53 Å². The molecular weight excluding hydrogens is 232 g/mol. The Morgan fingerprint density at radius 3 is 2.89 bits per heavy atom. The first-order valence-corrected chi connectivity index (χ1v) is 6.11. The molecule has 0 aromatic rings. The first-order valence-electron chi connectivity index (χ1n) is 6.11. The highest BCUT2D eigenvalue weighted by molar-refractivity contribution is 5.83. The van der Waals surface area contributed by atoms with Crippen LogP contribution >= 0.6 is 0 Å². The molecular formula is C13H18N2O3. The van der Waals surface area contributed by atoms with Gasteiger partial charge in [-0.05, 0) is 19.3 Å². The molecule has 1 atom stereocenters. The third-order valence-electron chi connectivity index (χ3n) is 3.02. The first kappa shape index (κ1) is 14.2. The summed E-state index contributed by atoms with van der Waals surface area (Å²) in [4.78, 5) is 24.9. The Bertz CT molecular complexity index is 360. The van der Waals surface area contributed by atoms with Gasteiger partial charge in [0.25, 0.3) is 0 Å². The number of nitriles is 1. The maximum atomic E-state index is 11.6. The second-order valence-corrected chi connectivity index (χ2v) is 4.28. The lowest BCUT2D eigenvalue weighted by Crippen LogP contribution is -2.32. The average Bonchev–Trinajstić information content (AvgIpc) is 2.62. The number of Topliss-reactive ketones (excluding diaryl/α,β-unsaturated/α-hetero) is 1. The van der Waals surface area contributed by atoms with Crippen molar-refractivity contribution in [2.45, 2.75) is 25.7 Å². The minimum absolute atomic E-state index is 0.0150. The van der Waals surface area contributed by atoms with Crippen molar-refractivity contribution >= 4 is 11.9 Å². The fourth-order valence-corrected chi connectivity index (χ4v) is 2.04. The molecule has 5 nitrogen and oxygen atoms in total. The molecule has 1 fully saturated rings. The number of ether oxygens (including phenoxy) is 1. The summed E-state index contributed by atoms with van der Waals surface area (Å²) in [6.45, 7) is 4.80. The summed E-state index contributed by atoms with van der Waals surface area (Å²) in [7, 11) is 0. The molecule has 0 radical (unpaired) electrons. The van der Waals surface area contributed by atoms with Crippen molar-refractivity contribution in [3.63, 3.8) is 0 Å². The molecule has 1 heterocycles. The molecule has 0 aliphatic carbocycles. The van der Waals surface area contributed by atoms with Gasteiger partial charge < -0.3 is 9.64 Å². The lowest BCUT2D eigenvalue weighted by molar-refractivity contribution is -0.122. The number of ketones is 1. The number of carbonyl (C=O) groups excluding carboxylic acids is 2. The normalized spacial score (nSPS) is 19.5. The minimum Gasteiger partial charge on any atom is -0.445 e. The Hall–Kier alpha value is -1.83. The fraction of sp³-hybridized carbons (Fsp3) is 0.615. The van der Waals surface area contributed by atoms with Crippen molar-refractivity contribution in [1.82, 2.24) is 4.90 Å². The van der Waals surface area contributed by atoms with Crippen LogP contribution in [-0.4, -0.2) is 36.5 Å². The number of rotatable bonds is 4. The van der Waals surface area contributed by atoms with E-state index in [1.807, 2.05) is 6.07 Å². The summed E-state index contributed by atoms with van der Waals surface area (Å²) in [5.41, 5.74) is 0. The van der Waals surface area contributed by atoms with Crippen LogP contribution in [0, 0.1) is 17.2 Å². The van der Waals surface area contributed by atoms with E-state index in [9.17, 15) is 9.59 Å². The van der Waals surface area contributed by atoms with E-state index in [4.69, 9.17) is 10.00 Å². The Labute approximate surface area is 107 Å². The second-order valence-electron chi connectivity index (χ2n) is 4.28. The van der Waals surface area contributed by atoms with E-state index in [0.717, 1.165) is 12.8 Å². The molecule has 1 rings (SSSR count). The summed E-state index contributed by atoms with van der Waals surface area (Å²) in [6.07, 6.45) is 3.25. The van der Waals surface area contributed by atoms with Gasteiger partial charge in [-0.3, -0.25) is 4.79 Å². The molecule has 0 bridgehead atoms. The van der Waals surface area contributed by atoms with E-state index in [1.165, 1.54) is 6.08 Å². The molecule has 18 heavy (non-hydrogen) atoms. The van der Waals surface area contributed by atoms with Crippen LogP contribution in [0.4, 0.5) is 4.79 Å². The van der Waals surface area contributed by atoms with Crippen LogP contribution in [0.15, 0.2) is 12.7 Å². The highest BCUT2D eigenvalue weighted by Crippen LogP contribution is 2.20. The van der Waals surface area contributed by atoms with Gasteiger partial charge in [0.15, 0.2) is 0 Å². The van der Waals surface area contributed by atoms with E-state index < -0.39 is 0 Å². The number of likely N-dealkylation sites (tertiary alicyclic amines) is 1. The SMILES string of the molecule is C=CCOC(=O)N1CCCC(C(=O)CC#N)CC1. The average molecular weight is 250 g/mol. The monoisotopic (exact) mass is 250 g/mol. The maximum Gasteiger partial charge on any atom is 0.410 e. The molecule has 1 aliphatic rings. The van der Waals surface area contributed by atoms with Crippen molar-refractivity contribution in [2.24, 2.45) is 5.92 Å². The zero-order valence-electron chi connectivity index (χ0n) is 10.4.